The third-order valence-electron chi connectivity index (χ3n) is 5.21. The number of benzene rings is 2. The van der Waals surface area contributed by atoms with Gasteiger partial charge in [0.2, 0.25) is 6.10 Å². The fourth-order valence-corrected chi connectivity index (χ4v) is 3.66. The smallest absolute Gasteiger partial charge is 0.311 e. The average molecular weight is 448 g/mol. The Labute approximate surface area is 183 Å². The summed E-state index contributed by atoms with van der Waals surface area (Å²) in [6.07, 6.45) is 0.346. The fraction of sp³-hybridized carbons (Fsp3) is 0.273. The number of aliphatic hydroxyl groups excluding tert-OH is 1. The van der Waals surface area contributed by atoms with Crippen LogP contribution >= 0.6 is 23.2 Å². The van der Waals surface area contributed by atoms with Gasteiger partial charge in [-0.3, -0.25) is 4.79 Å². The molecule has 8 heteroatoms. The van der Waals surface area contributed by atoms with Crippen LogP contribution in [0.1, 0.15) is 18.6 Å². The number of nitrogens with zero attached hydrogens (tertiary/aromatic N) is 1. The Morgan fingerprint density at radius 1 is 1.27 bits per heavy atom. The minimum atomic E-state index is -1.15. The number of hydrogen-bond acceptors (Lipinski definition) is 6. The summed E-state index contributed by atoms with van der Waals surface area (Å²) in [6.45, 7) is 1.48. The molecule has 0 aromatic heterocycles. The molecule has 0 aliphatic heterocycles. The van der Waals surface area contributed by atoms with E-state index in [0.717, 1.165) is 0 Å². The van der Waals surface area contributed by atoms with Gasteiger partial charge in [-0.15, -0.1) is 0 Å². The van der Waals surface area contributed by atoms with Gasteiger partial charge in [0.25, 0.3) is 0 Å². The number of phenols is 1. The SMILES string of the molecule is C[C@@]1(CO)C(C=C(Cl)Cl)[C@H]1C(=O)OC(C#N)c1cccc(Oc2ccc(O)cc2)c1. The lowest BCUT2D eigenvalue weighted by Gasteiger charge is -2.14. The van der Waals surface area contributed by atoms with Crippen molar-refractivity contribution < 1.29 is 24.5 Å². The van der Waals surface area contributed by atoms with E-state index in [-0.39, 0.29) is 22.8 Å². The van der Waals surface area contributed by atoms with E-state index in [1.165, 1.54) is 18.2 Å². The predicted molar refractivity (Wildman–Crippen MR) is 111 cm³/mol. The Hall–Kier alpha value is -2.72. The quantitative estimate of drug-likeness (QED) is 0.587. The van der Waals surface area contributed by atoms with Crippen LogP contribution in [0.5, 0.6) is 17.2 Å². The standard InChI is InChI=1S/C22H19Cl2NO5/c1-22(12-26)17(10-19(23)24)20(22)21(28)30-18(11-25)13-3-2-4-16(9-13)29-15-7-5-14(27)6-8-15/h2-10,17-18,20,26-27H,12H2,1H3/t17?,18?,20-,22+/m0/s1. The number of hydrogen-bond donors (Lipinski definition) is 2. The zero-order chi connectivity index (χ0) is 21.9. The molecule has 0 saturated heterocycles. The van der Waals surface area contributed by atoms with Gasteiger partial charge in [-0.25, -0.2) is 0 Å². The molecule has 2 aromatic rings. The number of nitriles is 1. The molecule has 1 saturated carbocycles. The summed E-state index contributed by atoms with van der Waals surface area (Å²) in [5.74, 6) is -0.578. The normalized spacial score (nSPS) is 23.0. The van der Waals surface area contributed by atoms with Crippen molar-refractivity contribution in [2.24, 2.45) is 17.3 Å². The van der Waals surface area contributed by atoms with Crippen molar-refractivity contribution in [3.63, 3.8) is 0 Å². The van der Waals surface area contributed by atoms with E-state index in [1.807, 2.05) is 6.07 Å². The van der Waals surface area contributed by atoms with Gasteiger partial charge in [0.15, 0.2) is 0 Å². The van der Waals surface area contributed by atoms with Crippen LogP contribution in [0.2, 0.25) is 0 Å². The van der Waals surface area contributed by atoms with E-state index in [9.17, 15) is 20.3 Å². The van der Waals surface area contributed by atoms with Gasteiger partial charge >= 0.3 is 5.97 Å². The largest absolute Gasteiger partial charge is 0.508 e. The fourth-order valence-electron chi connectivity index (χ4n) is 3.39. The van der Waals surface area contributed by atoms with Crippen molar-refractivity contribution in [3.05, 3.63) is 64.7 Å². The Morgan fingerprint density at radius 2 is 1.97 bits per heavy atom. The van der Waals surface area contributed by atoms with Gasteiger partial charge in [0, 0.05) is 23.5 Å². The first-order chi connectivity index (χ1) is 14.3. The molecule has 30 heavy (non-hydrogen) atoms. The molecular weight excluding hydrogens is 429 g/mol. The number of allylic oxidation sites excluding steroid dienone is 1. The lowest BCUT2D eigenvalue weighted by Crippen LogP contribution is -2.17. The number of halogens is 2. The first-order valence-electron chi connectivity index (χ1n) is 9.09. The highest BCUT2D eigenvalue weighted by Gasteiger charge is 2.64. The molecule has 1 fully saturated rings. The first kappa shape index (κ1) is 22.0. The van der Waals surface area contributed by atoms with Crippen molar-refractivity contribution in [2.45, 2.75) is 13.0 Å². The molecule has 0 heterocycles. The molecule has 2 unspecified atom stereocenters. The molecule has 1 aliphatic carbocycles. The Morgan fingerprint density at radius 3 is 2.57 bits per heavy atom. The number of ether oxygens (including phenoxy) is 2. The number of aromatic hydroxyl groups is 1. The Kier molecular flexibility index (Phi) is 6.57. The van der Waals surface area contributed by atoms with Gasteiger partial charge in [0.1, 0.15) is 27.8 Å². The summed E-state index contributed by atoms with van der Waals surface area (Å²) in [5.41, 5.74) is -0.299. The molecule has 0 bridgehead atoms. The maximum absolute atomic E-state index is 12.7. The molecule has 2 N–H and O–H groups in total. The van der Waals surface area contributed by atoms with Gasteiger partial charge in [-0.05, 0) is 42.5 Å². The number of carbonyl (C=O) groups is 1. The van der Waals surface area contributed by atoms with Crippen molar-refractivity contribution in [2.75, 3.05) is 6.61 Å². The van der Waals surface area contributed by atoms with Crippen molar-refractivity contribution in [1.29, 1.82) is 5.26 Å². The van der Waals surface area contributed by atoms with Crippen LogP contribution < -0.4 is 4.74 Å². The summed E-state index contributed by atoms with van der Waals surface area (Å²) >= 11 is 11.4. The van der Waals surface area contributed by atoms with Crippen molar-refractivity contribution >= 4 is 29.2 Å². The van der Waals surface area contributed by atoms with E-state index in [4.69, 9.17) is 32.7 Å². The summed E-state index contributed by atoms with van der Waals surface area (Å²) in [7, 11) is 0. The summed E-state index contributed by atoms with van der Waals surface area (Å²) in [4.78, 5) is 12.7. The summed E-state index contributed by atoms with van der Waals surface area (Å²) in [5, 5.41) is 28.5. The molecule has 0 amide bonds. The van der Waals surface area contributed by atoms with Crippen molar-refractivity contribution in [3.8, 4) is 23.3 Å². The monoisotopic (exact) mass is 447 g/mol. The second-order valence-corrected chi connectivity index (χ2v) is 8.25. The topological polar surface area (TPSA) is 99.8 Å². The predicted octanol–water partition coefficient (Wildman–Crippen LogP) is 4.86. The van der Waals surface area contributed by atoms with Crippen LogP contribution in [-0.4, -0.2) is 22.8 Å². The summed E-state index contributed by atoms with van der Waals surface area (Å²) in [6, 6.07) is 14.8. The average Bonchev–Trinajstić information content (AvgIpc) is 3.31. The molecule has 1 aliphatic rings. The van der Waals surface area contributed by atoms with E-state index in [1.54, 1.807) is 43.3 Å². The van der Waals surface area contributed by atoms with E-state index in [0.29, 0.717) is 17.1 Å². The van der Waals surface area contributed by atoms with Gasteiger partial charge < -0.3 is 19.7 Å². The third kappa shape index (κ3) is 4.71. The molecule has 0 spiro atoms. The highest BCUT2D eigenvalue weighted by molar-refractivity contribution is 6.55. The van der Waals surface area contributed by atoms with Crippen LogP contribution in [0, 0.1) is 28.6 Å². The van der Waals surface area contributed by atoms with Crippen LogP contribution in [-0.2, 0) is 9.53 Å². The van der Waals surface area contributed by atoms with Crippen molar-refractivity contribution in [1.82, 2.24) is 0 Å². The van der Waals surface area contributed by atoms with Gasteiger partial charge in [0.05, 0.1) is 5.92 Å². The highest BCUT2D eigenvalue weighted by Crippen LogP contribution is 2.60. The summed E-state index contributed by atoms with van der Waals surface area (Å²) < 4.78 is 11.1. The van der Waals surface area contributed by atoms with Crippen LogP contribution in [0.25, 0.3) is 0 Å². The van der Waals surface area contributed by atoms with Gasteiger partial charge in [-0.2, -0.15) is 5.26 Å². The molecule has 0 radical (unpaired) electrons. The second-order valence-electron chi connectivity index (χ2n) is 7.24. The lowest BCUT2D eigenvalue weighted by molar-refractivity contribution is -0.149. The molecule has 3 rings (SSSR count). The molecular formula is C22H19Cl2NO5. The second kappa shape index (κ2) is 8.97. The molecule has 156 valence electrons. The van der Waals surface area contributed by atoms with Crippen LogP contribution in [0.3, 0.4) is 0 Å². The third-order valence-corrected chi connectivity index (χ3v) is 5.46. The number of rotatable bonds is 7. The maximum Gasteiger partial charge on any atom is 0.311 e. The van der Waals surface area contributed by atoms with Crippen LogP contribution in [0.4, 0.5) is 0 Å². The van der Waals surface area contributed by atoms with Gasteiger partial charge in [-0.1, -0.05) is 42.3 Å². The first-order valence-corrected chi connectivity index (χ1v) is 9.84. The Balaban J connectivity index is 1.73. The minimum absolute atomic E-state index is 0.00545. The minimum Gasteiger partial charge on any atom is -0.508 e. The lowest BCUT2D eigenvalue weighted by atomic mass is 10.1. The number of phenolic OH excluding ortho intramolecular Hbond substituents is 1. The molecule has 4 atom stereocenters. The van der Waals surface area contributed by atoms with E-state index >= 15 is 0 Å². The van der Waals surface area contributed by atoms with E-state index < -0.39 is 23.4 Å². The maximum atomic E-state index is 12.7. The number of carbonyl (C=O) groups excluding carboxylic acids is 1. The highest BCUT2D eigenvalue weighted by atomic mass is 35.5. The zero-order valence-corrected chi connectivity index (χ0v) is 17.5. The zero-order valence-electron chi connectivity index (χ0n) is 16.0. The number of esters is 1. The molecule has 2 aromatic carbocycles. The van der Waals surface area contributed by atoms with Crippen LogP contribution in [0.15, 0.2) is 59.1 Å². The number of aliphatic hydroxyl groups is 1. The van der Waals surface area contributed by atoms with E-state index in [2.05, 4.69) is 0 Å². The Bertz CT molecular complexity index is 997. The molecule has 6 nitrogen and oxygen atoms in total.